The number of benzene rings is 1. The Labute approximate surface area is 123 Å². The van der Waals surface area contributed by atoms with Gasteiger partial charge in [0.15, 0.2) is 0 Å². The van der Waals surface area contributed by atoms with Crippen LogP contribution in [0.3, 0.4) is 0 Å². The lowest BCUT2D eigenvalue weighted by Crippen LogP contribution is -2.51. The third-order valence-corrected chi connectivity index (χ3v) is 5.50. The van der Waals surface area contributed by atoms with E-state index < -0.39 is 5.41 Å². The first-order valence-corrected chi connectivity index (χ1v) is 7.87. The van der Waals surface area contributed by atoms with Gasteiger partial charge in [-0.2, -0.15) is 0 Å². The van der Waals surface area contributed by atoms with Gasteiger partial charge < -0.3 is 10.0 Å². The summed E-state index contributed by atoms with van der Waals surface area (Å²) in [6, 6.07) is 6.78. The van der Waals surface area contributed by atoms with E-state index in [1.807, 2.05) is 4.90 Å². The molecule has 0 radical (unpaired) electrons. The third-order valence-electron chi connectivity index (χ3n) is 5.50. The Morgan fingerprint density at radius 3 is 2.24 bits per heavy atom. The molecule has 2 atom stereocenters. The molecule has 1 N–H and O–H groups in total. The maximum absolute atomic E-state index is 13.1. The molecule has 1 amide bonds. The van der Waals surface area contributed by atoms with Crippen molar-refractivity contribution in [2.45, 2.75) is 62.1 Å². The number of nitrogens with zero attached hydrogens (tertiary/aromatic N) is 1. The number of aliphatic hydroxyl groups excluding tert-OH is 1. The Kier molecular flexibility index (Phi) is 2.86. The summed E-state index contributed by atoms with van der Waals surface area (Å²) < 4.78 is 13.1. The van der Waals surface area contributed by atoms with Crippen molar-refractivity contribution in [3.63, 3.8) is 0 Å². The number of piperidine rings is 1. The number of hydrogen-bond acceptors (Lipinski definition) is 2. The first-order valence-electron chi connectivity index (χ1n) is 7.87. The predicted octanol–water partition coefficient (Wildman–Crippen LogP) is 2.37. The summed E-state index contributed by atoms with van der Waals surface area (Å²) in [6.07, 6.45) is 4.89. The van der Waals surface area contributed by atoms with Gasteiger partial charge in [-0.05, 0) is 56.2 Å². The molecule has 2 heterocycles. The molecule has 3 aliphatic rings. The maximum atomic E-state index is 13.1. The summed E-state index contributed by atoms with van der Waals surface area (Å²) >= 11 is 0. The lowest BCUT2D eigenvalue weighted by atomic mass is 9.91. The van der Waals surface area contributed by atoms with Crippen LogP contribution in [-0.2, 0) is 10.2 Å². The van der Waals surface area contributed by atoms with E-state index in [4.69, 9.17) is 0 Å². The van der Waals surface area contributed by atoms with Crippen LogP contribution in [-0.4, -0.2) is 34.1 Å². The molecule has 4 rings (SSSR count). The van der Waals surface area contributed by atoms with E-state index in [2.05, 4.69) is 0 Å². The highest BCUT2D eigenvalue weighted by Gasteiger charge is 2.56. The van der Waals surface area contributed by atoms with Gasteiger partial charge in [0, 0.05) is 12.1 Å². The van der Waals surface area contributed by atoms with Crippen LogP contribution in [0.5, 0.6) is 0 Å². The molecule has 1 saturated carbocycles. The molecule has 4 heteroatoms. The quantitative estimate of drug-likeness (QED) is 0.908. The maximum Gasteiger partial charge on any atom is 0.233 e. The fourth-order valence-corrected chi connectivity index (χ4v) is 4.25. The first-order chi connectivity index (χ1) is 10.1. The SMILES string of the molecule is O=C(N1C2CCC1CC(O)C2)C1(c2ccc(F)cc2)CC1. The molecule has 2 bridgehead atoms. The fraction of sp³-hybridized carbons (Fsp3) is 0.588. The zero-order valence-electron chi connectivity index (χ0n) is 12.0. The summed E-state index contributed by atoms with van der Waals surface area (Å²) in [5, 5.41) is 9.88. The zero-order chi connectivity index (χ0) is 14.6. The molecule has 2 saturated heterocycles. The van der Waals surface area contributed by atoms with Gasteiger partial charge in [0.05, 0.1) is 11.5 Å². The number of rotatable bonds is 2. The van der Waals surface area contributed by atoms with E-state index in [1.54, 1.807) is 12.1 Å². The van der Waals surface area contributed by atoms with Crippen molar-refractivity contribution in [1.29, 1.82) is 0 Å². The predicted molar refractivity (Wildman–Crippen MR) is 76.2 cm³/mol. The summed E-state index contributed by atoms with van der Waals surface area (Å²) in [7, 11) is 0. The van der Waals surface area contributed by atoms with Crippen molar-refractivity contribution in [3.05, 3.63) is 35.6 Å². The summed E-state index contributed by atoms with van der Waals surface area (Å²) in [5.41, 5.74) is 0.524. The first kappa shape index (κ1) is 13.3. The Morgan fingerprint density at radius 1 is 1.14 bits per heavy atom. The van der Waals surface area contributed by atoms with Crippen molar-refractivity contribution >= 4 is 5.91 Å². The van der Waals surface area contributed by atoms with Gasteiger partial charge in [-0.15, -0.1) is 0 Å². The number of carbonyl (C=O) groups excluding carboxylic acids is 1. The van der Waals surface area contributed by atoms with E-state index >= 15 is 0 Å². The fourth-order valence-electron chi connectivity index (χ4n) is 4.25. The molecule has 0 spiro atoms. The number of halogens is 1. The number of carbonyl (C=O) groups is 1. The minimum Gasteiger partial charge on any atom is -0.393 e. The van der Waals surface area contributed by atoms with Crippen LogP contribution in [0.25, 0.3) is 0 Å². The Morgan fingerprint density at radius 2 is 1.71 bits per heavy atom. The van der Waals surface area contributed by atoms with Gasteiger partial charge in [-0.1, -0.05) is 12.1 Å². The van der Waals surface area contributed by atoms with Crippen molar-refractivity contribution in [3.8, 4) is 0 Å². The molecular formula is C17H20FNO2. The molecular weight excluding hydrogens is 269 g/mol. The highest BCUT2D eigenvalue weighted by Crippen LogP contribution is 2.52. The van der Waals surface area contributed by atoms with Crippen LogP contribution in [0.1, 0.15) is 44.1 Å². The van der Waals surface area contributed by atoms with Gasteiger partial charge in [0.2, 0.25) is 5.91 Å². The van der Waals surface area contributed by atoms with Crippen molar-refractivity contribution in [2.75, 3.05) is 0 Å². The monoisotopic (exact) mass is 289 g/mol. The Bertz CT molecular complexity index is 553. The number of amides is 1. The second kappa shape index (κ2) is 4.54. The topological polar surface area (TPSA) is 40.5 Å². The van der Waals surface area contributed by atoms with E-state index in [-0.39, 0.29) is 29.9 Å². The summed E-state index contributed by atoms with van der Waals surface area (Å²) in [6.45, 7) is 0. The minimum absolute atomic E-state index is 0.198. The van der Waals surface area contributed by atoms with Gasteiger partial charge in [-0.3, -0.25) is 4.79 Å². The number of hydrogen-bond donors (Lipinski definition) is 1. The van der Waals surface area contributed by atoms with Gasteiger partial charge in [0.1, 0.15) is 5.82 Å². The standard InChI is InChI=1S/C17H20FNO2/c18-12-3-1-11(2-4-12)17(7-8-17)16(21)19-13-5-6-14(19)10-15(20)9-13/h1-4,13-15,20H,5-10H2. The van der Waals surface area contributed by atoms with E-state index in [0.717, 1.165) is 31.2 Å². The van der Waals surface area contributed by atoms with Crippen LogP contribution in [0.4, 0.5) is 4.39 Å². The van der Waals surface area contributed by atoms with E-state index in [1.165, 1.54) is 12.1 Å². The molecule has 2 unspecified atom stereocenters. The third kappa shape index (κ3) is 2.00. The van der Waals surface area contributed by atoms with Crippen LogP contribution in [0, 0.1) is 5.82 Å². The molecule has 3 fully saturated rings. The summed E-state index contributed by atoms with van der Waals surface area (Å²) in [4.78, 5) is 15.1. The molecule has 21 heavy (non-hydrogen) atoms. The smallest absolute Gasteiger partial charge is 0.233 e. The number of fused-ring (bicyclic) bond motifs is 2. The average molecular weight is 289 g/mol. The Hall–Kier alpha value is -1.42. The van der Waals surface area contributed by atoms with Crippen molar-refractivity contribution in [2.24, 2.45) is 0 Å². The van der Waals surface area contributed by atoms with Crippen LogP contribution < -0.4 is 0 Å². The molecule has 3 nitrogen and oxygen atoms in total. The highest BCUT2D eigenvalue weighted by atomic mass is 19.1. The highest BCUT2D eigenvalue weighted by molar-refractivity contribution is 5.92. The Balaban J connectivity index is 1.62. The lowest BCUT2D eigenvalue weighted by molar-refractivity contribution is -0.140. The molecule has 112 valence electrons. The van der Waals surface area contributed by atoms with Crippen LogP contribution >= 0.6 is 0 Å². The molecule has 0 aromatic heterocycles. The lowest BCUT2D eigenvalue weighted by Gasteiger charge is -2.39. The van der Waals surface area contributed by atoms with Crippen molar-refractivity contribution in [1.82, 2.24) is 4.90 Å². The average Bonchev–Trinajstić information content (AvgIpc) is 3.21. The normalized spacial score (nSPS) is 33.0. The van der Waals surface area contributed by atoms with Crippen molar-refractivity contribution < 1.29 is 14.3 Å². The van der Waals surface area contributed by atoms with Gasteiger partial charge in [0.25, 0.3) is 0 Å². The molecule has 1 aliphatic carbocycles. The van der Waals surface area contributed by atoms with E-state index in [0.29, 0.717) is 12.8 Å². The second-order valence-corrected chi connectivity index (χ2v) is 6.81. The summed E-state index contributed by atoms with van der Waals surface area (Å²) in [5.74, 6) is -0.0586. The van der Waals surface area contributed by atoms with Crippen LogP contribution in [0.15, 0.2) is 24.3 Å². The van der Waals surface area contributed by atoms with E-state index in [9.17, 15) is 14.3 Å². The second-order valence-electron chi connectivity index (χ2n) is 6.81. The largest absolute Gasteiger partial charge is 0.393 e. The molecule has 1 aromatic carbocycles. The van der Waals surface area contributed by atoms with Crippen LogP contribution in [0.2, 0.25) is 0 Å². The number of aliphatic hydroxyl groups is 1. The zero-order valence-corrected chi connectivity index (χ0v) is 12.0. The van der Waals surface area contributed by atoms with Gasteiger partial charge in [-0.25, -0.2) is 4.39 Å². The molecule has 2 aliphatic heterocycles. The van der Waals surface area contributed by atoms with Gasteiger partial charge >= 0.3 is 0 Å². The minimum atomic E-state index is -0.420. The molecule has 1 aromatic rings.